The lowest BCUT2D eigenvalue weighted by Gasteiger charge is -2.22. The summed E-state index contributed by atoms with van der Waals surface area (Å²) < 4.78 is 26.3. The van der Waals surface area contributed by atoms with Crippen molar-refractivity contribution in [1.82, 2.24) is 14.9 Å². The van der Waals surface area contributed by atoms with Crippen molar-refractivity contribution >= 4 is 51.7 Å². The first-order valence-corrected chi connectivity index (χ1v) is 11.7. The third-order valence-corrected chi connectivity index (χ3v) is 6.32. The zero-order chi connectivity index (χ0) is 20.6. The lowest BCUT2D eigenvalue weighted by Crippen LogP contribution is -2.38. The maximum atomic E-state index is 12.0. The Hall–Kier alpha value is -1.30. The predicted molar refractivity (Wildman–Crippen MR) is 133 cm³/mol. The van der Waals surface area contributed by atoms with Crippen molar-refractivity contribution in [3.63, 3.8) is 0 Å². The molecular formula is C20H29IN4O2S2. The van der Waals surface area contributed by atoms with Crippen LogP contribution >= 0.6 is 35.7 Å². The van der Waals surface area contributed by atoms with Crippen molar-refractivity contribution in [3.05, 3.63) is 59.7 Å². The van der Waals surface area contributed by atoms with Crippen LogP contribution in [0.4, 0.5) is 0 Å². The number of sulfonamides is 1. The van der Waals surface area contributed by atoms with Crippen molar-refractivity contribution < 1.29 is 8.42 Å². The average molecular weight is 549 g/mol. The molecule has 0 aliphatic carbocycles. The molecule has 2 rings (SSSR count). The van der Waals surface area contributed by atoms with E-state index in [1.807, 2.05) is 20.0 Å². The van der Waals surface area contributed by atoms with Crippen LogP contribution in [0.3, 0.4) is 0 Å². The Bertz CT molecular complexity index is 903. The second-order valence-corrected chi connectivity index (χ2v) is 9.00. The molecule has 2 N–H and O–H groups in total. The molecule has 6 nitrogen and oxygen atoms in total. The fraction of sp³-hybridized carbons (Fsp3) is 0.350. The molecule has 0 aliphatic rings. The van der Waals surface area contributed by atoms with E-state index < -0.39 is 10.0 Å². The molecule has 0 radical (unpaired) electrons. The first kappa shape index (κ1) is 25.7. The van der Waals surface area contributed by atoms with E-state index in [4.69, 9.17) is 0 Å². The molecule has 0 aliphatic heterocycles. The van der Waals surface area contributed by atoms with Gasteiger partial charge in [-0.15, -0.1) is 35.7 Å². The number of guanidine groups is 1. The SMILES string of the molecule is CCNC(=NCc1cccc(S(=O)(=O)NC)c1)N(C)Cc1ccc(SC)cc1.I. The van der Waals surface area contributed by atoms with Gasteiger partial charge >= 0.3 is 0 Å². The Morgan fingerprint density at radius 1 is 1.14 bits per heavy atom. The Balaban J connectivity index is 0.00000420. The third-order valence-electron chi connectivity index (χ3n) is 4.16. The smallest absolute Gasteiger partial charge is 0.240 e. The Morgan fingerprint density at radius 3 is 2.41 bits per heavy atom. The van der Waals surface area contributed by atoms with E-state index in [9.17, 15) is 8.42 Å². The highest BCUT2D eigenvalue weighted by atomic mass is 127. The summed E-state index contributed by atoms with van der Waals surface area (Å²) in [4.78, 5) is 8.22. The number of thioether (sulfide) groups is 1. The number of benzene rings is 2. The van der Waals surface area contributed by atoms with Gasteiger partial charge < -0.3 is 10.2 Å². The minimum Gasteiger partial charge on any atom is -0.357 e. The normalized spacial score (nSPS) is 11.7. The first-order chi connectivity index (χ1) is 13.4. The summed E-state index contributed by atoms with van der Waals surface area (Å²) in [5, 5.41) is 3.29. The summed E-state index contributed by atoms with van der Waals surface area (Å²) in [5.41, 5.74) is 2.04. The van der Waals surface area contributed by atoms with Gasteiger partial charge in [-0.25, -0.2) is 18.1 Å². The van der Waals surface area contributed by atoms with Crippen LogP contribution in [0.1, 0.15) is 18.1 Å². The van der Waals surface area contributed by atoms with Crippen LogP contribution in [-0.2, 0) is 23.1 Å². The molecule has 160 valence electrons. The van der Waals surface area contributed by atoms with Gasteiger partial charge in [-0.2, -0.15) is 0 Å². The van der Waals surface area contributed by atoms with E-state index in [0.29, 0.717) is 6.54 Å². The fourth-order valence-corrected chi connectivity index (χ4v) is 3.85. The largest absolute Gasteiger partial charge is 0.357 e. The summed E-state index contributed by atoms with van der Waals surface area (Å²) in [6.07, 6.45) is 2.06. The van der Waals surface area contributed by atoms with Gasteiger partial charge in [0.25, 0.3) is 0 Å². The number of halogens is 1. The summed E-state index contributed by atoms with van der Waals surface area (Å²) in [6, 6.07) is 15.3. The van der Waals surface area contributed by atoms with Crippen LogP contribution in [0, 0.1) is 0 Å². The average Bonchev–Trinajstić information content (AvgIpc) is 2.71. The van der Waals surface area contributed by atoms with Gasteiger partial charge in [-0.05, 0) is 55.6 Å². The van der Waals surface area contributed by atoms with Crippen LogP contribution in [0.2, 0.25) is 0 Å². The minimum atomic E-state index is -3.46. The Labute approximate surface area is 195 Å². The van der Waals surface area contributed by atoms with Crippen molar-refractivity contribution in [3.8, 4) is 0 Å². The molecule has 2 aromatic rings. The monoisotopic (exact) mass is 548 g/mol. The fourth-order valence-electron chi connectivity index (χ4n) is 2.64. The van der Waals surface area contributed by atoms with E-state index >= 15 is 0 Å². The molecule has 0 atom stereocenters. The second kappa shape index (κ2) is 12.4. The summed E-state index contributed by atoms with van der Waals surface area (Å²) in [7, 11) is -0.0597. The van der Waals surface area contributed by atoms with E-state index in [1.54, 1.807) is 30.0 Å². The molecule has 29 heavy (non-hydrogen) atoms. The van der Waals surface area contributed by atoms with Crippen LogP contribution < -0.4 is 10.0 Å². The maximum absolute atomic E-state index is 12.0. The molecule has 0 bridgehead atoms. The van der Waals surface area contributed by atoms with Crippen molar-refractivity contribution in [1.29, 1.82) is 0 Å². The molecule has 2 aromatic carbocycles. The number of hydrogen-bond donors (Lipinski definition) is 2. The number of aliphatic imine (C=N–C) groups is 1. The Morgan fingerprint density at radius 2 is 1.83 bits per heavy atom. The van der Waals surface area contributed by atoms with E-state index in [2.05, 4.69) is 50.5 Å². The molecule has 0 saturated carbocycles. The van der Waals surface area contributed by atoms with Gasteiger partial charge in [-0.1, -0.05) is 24.3 Å². The quantitative estimate of drug-likeness (QED) is 0.229. The molecule has 0 amide bonds. The zero-order valence-corrected chi connectivity index (χ0v) is 21.1. The predicted octanol–water partition coefficient (Wildman–Crippen LogP) is 3.53. The van der Waals surface area contributed by atoms with Gasteiger partial charge in [-0.3, -0.25) is 0 Å². The summed E-state index contributed by atoms with van der Waals surface area (Å²) in [6.45, 7) is 3.90. The van der Waals surface area contributed by atoms with Gasteiger partial charge in [0.05, 0.1) is 11.4 Å². The van der Waals surface area contributed by atoms with Gasteiger partial charge in [0.1, 0.15) is 0 Å². The van der Waals surface area contributed by atoms with Crippen LogP contribution in [0.5, 0.6) is 0 Å². The molecule has 0 saturated heterocycles. The van der Waals surface area contributed by atoms with Crippen LogP contribution in [0.15, 0.2) is 63.3 Å². The molecule has 0 fully saturated rings. The minimum absolute atomic E-state index is 0. The van der Waals surface area contributed by atoms with E-state index in [0.717, 1.165) is 24.6 Å². The lowest BCUT2D eigenvalue weighted by atomic mass is 10.2. The zero-order valence-electron chi connectivity index (χ0n) is 17.2. The van der Waals surface area contributed by atoms with Crippen LogP contribution in [-0.4, -0.2) is 46.2 Å². The summed E-state index contributed by atoms with van der Waals surface area (Å²) in [5.74, 6) is 0.776. The van der Waals surface area contributed by atoms with Gasteiger partial charge in [0.2, 0.25) is 10.0 Å². The Kier molecular flexibility index (Phi) is 11.0. The van der Waals surface area contributed by atoms with E-state index in [1.165, 1.54) is 17.5 Å². The first-order valence-electron chi connectivity index (χ1n) is 9.04. The molecule has 9 heteroatoms. The number of nitrogens with zero attached hydrogens (tertiary/aromatic N) is 2. The van der Waals surface area contributed by atoms with E-state index in [-0.39, 0.29) is 28.9 Å². The standard InChI is InChI=1S/C20H28N4O2S2.HI/c1-5-22-20(24(3)15-16-9-11-18(27-4)12-10-16)23-14-17-7-6-8-19(13-17)28(25,26)21-2;/h6-13,21H,5,14-15H2,1-4H3,(H,22,23);1H. The summed E-state index contributed by atoms with van der Waals surface area (Å²) >= 11 is 1.72. The number of nitrogens with one attached hydrogen (secondary N) is 2. The topological polar surface area (TPSA) is 73.8 Å². The molecule has 0 unspecified atom stereocenters. The number of hydrogen-bond acceptors (Lipinski definition) is 4. The third kappa shape index (κ3) is 7.80. The van der Waals surface area contributed by atoms with Gasteiger partial charge in [0, 0.05) is 25.0 Å². The lowest BCUT2D eigenvalue weighted by molar-refractivity contribution is 0.476. The van der Waals surface area contributed by atoms with Crippen molar-refractivity contribution in [2.75, 3.05) is 26.9 Å². The molecule has 0 heterocycles. The molecule has 0 spiro atoms. The number of rotatable bonds is 8. The van der Waals surface area contributed by atoms with Gasteiger partial charge in [0.15, 0.2) is 5.96 Å². The molecule has 0 aromatic heterocycles. The highest BCUT2D eigenvalue weighted by Gasteiger charge is 2.12. The van der Waals surface area contributed by atoms with Crippen LogP contribution in [0.25, 0.3) is 0 Å². The molecular weight excluding hydrogens is 519 g/mol. The highest BCUT2D eigenvalue weighted by Crippen LogP contribution is 2.16. The van der Waals surface area contributed by atoms with Crippen molar-refractivity contribution in [2.24, 2.45) is 4.99 Å². The van der Waals surface area contributed by atoms with Crippen molar-refractivity contribution in [2.45, 2.75) is 29.8 Å². The maximum Gasteiger partial charge on any atom is 0.240 e. The second-order valence-electron chi connectivity index (χ2n) is 6.23. The highest BCUT2D eigenvalue weighted by molar-refractivity contribution is 14.0.